The minimum absolute atomic E-state index is 0.307. The summed E-state index contributed by atoms with van der Waals surface area (Å²) in [5.41, 5.74) is 2.63. The molecule has 0 saturated carbocycles. The first-order chi connectivity index (χ1) is 10.1. The number of hydrogen-bond acceptors (Lipinski definition) is 3. The van der Waals surface area contributed by atoms with Crippen LogP contribution in [0.25, 0.3) is 0 Å². The first-order valence-corrected chi connectivity index (χ1v) is 7.91. The molecule has 2 rings (SSSR count). The lowest BCUT2D eigenvalue weighted by Crippen LogP contribution is -2.46. The van der Waals surface area contributed by atoms with Gasteiger partial charge >= 0.3 is 5.97 Å². The number of nitrogens with zero attached hydrogens (tertiary/aromatic N) is 2. The lowest BCUT2D eigenvalue weighted by Gasteiger charge is -2.36. The molecule has 4 heteroatoms. The maximum atomic E-state index is 10.4. The smallest absolute Gasteiger partial charge is 0.303 e. The van der Waals surface area contributed by atoms with Crippen molar-refractivity contribution in [2.24, 2.45) is 0 Å². The van der Waals surface area contributed by atoms with Crippen LogP contribution in [0.1, 0.15) is 31.2 Å². The Morgan fingerprint density at radius 3 is 2.33 bits per heavy atom. The fourth-order valence-electron chi connectivity index (χ4n) is 2.77. The molecule has 21 heavy (non-hydrogen) atoms. The van der Waals surface area contributed by atoms with Crippen molar-refractivity contribution in [2.75, 3.05) is 37.6 Å². The molecule has 1 fully saturated rings. The Balaban J connectivity index is 1.64. The highest BCUT2D eigenvalue weighted by molar-refractivity contribution is 5.66. The molecule has 0 atom stereocenters. The number of unbranched alkanes of at least 4 members (excludes halogenated alkanes) is 2. The van der Waals surface area contributed by atoms with Gasteiger partial charge in [-0.25, -0.2) is 0 Å². The van der Waals surface area contributed by atoms with E-state index in [0.717, 1.165) is 52.0 Å². The van der Waals surface area contributed by atoms with Crippen LogP contribution in [-0.4, -0.2) is 48.7 Å². The predicted octanol–water partition coefficient (Wildman–Crippen LogP) is 2.76. The van der Waals surface area contributed by atoms with Gasteiger partial charge in [-0.2, -0.15) is 0 Å². The van der Waals surface area contributed by atoms with Gasteiger partial charge in [-0.3, -0.25) is 9.69 Å². The van der Waals surface area contributed by atoms with Gasteiger partial charge in [0.25, 0.3) is 0 Å². The van der Waals surface area contributed by atoms with Gasteiger partial charge in [0.2, 0.25) is 0 Å². The second-order valence-electron chi connectivity index (χ2n) is 5.87. The standard InChI is InChI=1S/C17H26N2O2/c1-15-6-8-16(9-7-15)19-13-11-18(12-14-19)10-4-2-3-5-17(20)21/h6-9H,2-5,10-14H2,1H3,(H,20,21). The number of rotatable bonds is 7. The number of benzene rings is 1. The third-order valence-electron chi connectivity index (χ3n) is 4.14. The highest BCUT2D eigenvalue weighted by atomic mass is 16.4. The lowest BCUT2D eigenvalue weighted by atomic mass is 10.1. The molecule has 1 saturated heterocycles. The average Bonchev–Trinajstić information content (AvgIpc) is 2.48. The topological polar surface area (TPSA) is 43.8 Å². The van der Waals surface area contributed by atoms with E-state index in [1.54, 1.807) is 0 Å². The summed E-state index contributed by atoms with van der Waals surface area (Å²) in [6.07, 6.45) is 3.24. The van der Waals surface area contributed by atoms with E-state index in [4.69, 9.17) is 5.11 Å². The fourth-order valence-corrected chi connectivity index (χ4v) is 2.77. The first-order valence-electron chi connectivity index (χ1n) is 7.91. The summed E-state index contributed by atoms with van der Waals surface area (Å²) in [5, 5.41) is 8.60. The third-order valence-corrected chi connectivity index (χ3v) is 4.14. The molecule has 1 aliphatic heterocycles. The van der Waals surface area contributed by atoms with E-state index in [1.807, 2.05) is 0 Å². The summed E-state index contributed by atoms with van der Waals surface area (Å²) < 4.78 is 0. The predicted molar refractivity (Wildman–Crippen MR) is 85.9 cm³/mol. The quantitative estimate of drug-likeness (QED) is 0.784. The van der Waals surface area contributed by atoms with Gasteiger partial charge in [0.15, 0.2) is 0 Å². The fraction of sp³-hybridized carbons (Fsp3) is 0.588. The van der Waals surface area contributed by atoms with Crippen LogP contribution in [-0.2, 0) is 4.79 Å². The van der Waals surface area contributed by atoms with Crippen LogP contribution in [0.4, 0.5) is 5.69 Å². The number of carbonyl (C=O) groups is 1. The monoisotopic (exact) mass is 290 g/mol. The molecule has 0 bridgehead atoms. The van der Waals surface area contributed by atoms with E-state index < -0.39 is 5.97 Å². The van der Waals surface area contributed by atoms with Gasteiger partial charge < -0.3 is 10.0 Å². The molecule has 0 unspecified atom stereocenters. The van der Waals surface area contributed by atoms with Crippen molar-refractivity contribution < 1.29 is 9.90 Å². The number of hydrogen-bond donors (Lipinski definition) is 1. The summed E-state index contributed by atoms with van der Waals surface area (Å²) in [4.78, 5) is 15.4. The van der Waals surface area contributed by atoms with E-state index in [2.05, 4.69) is 41.0 Å². The largest absolute Gasteiger partial charge is 0.481 e. The number of aryl methyl sites for hydroxylation is 1. The summed E-state index contributed by atoms with van der Waals surface area (Å²) >= 11 is 0. The number of carboxylic acids is 1. The minimum Gasteiger partial charge on any atom is -0.481 e. The molecule has 0 aromatic heterocycles. The second kappa shape index (κ2) is 8.03. The van der Waals surface area contributed by atoms with Gasteiger partial charge in [-0.05, 0) is 38.4 Å². The van der Waals surface area contributed by atoms with Gasteiger partial charge in [-0.15, -0.1) is 0 Å². The summed E-state index contributed by atoms with van der Waals surface area (Å²) in [7, 11) is 0. The van der Waals surface area contributed by atoms with Crippen LogP contribution >= 0.6 is 0 Å². The molecule has 0 aliphatic carbocycles. The SMILES string of the molecule is Cc1ccc(N2CCN(CCCCCC(=O)O)CC2)cc1. The van der Waals surface area contributed by atoms with Crippen LogP contribution < -0.4 is 4.90 Å². The third kappa shape index (κ3) is 5.38. The normalized spacial score (nSPS) is 16.1. The molecule has 0 amide bonds. The van der Waals surface area contributed by atoms with Gasteiger partial charge in [0.05, 0.1) is 0 Å². The van der Waals surface area contributed by atoms with E-state index in [1.165, 1.54) is 11.3 Å². The Kier molecular flexibility index (Phi) is 6.05. The Morgan fingerprint density at radius 1 is 1.05 bits per heavy atom. The van der Waals surface area contributed by atoms with Crippen molar-refractivity contribution in [1.29, 1.82) is 0 Å². The van der Waals surface area contributed by atoms with Crippen molar-refractivity contribution in [3.8, 4) is 0 Å². The summed E-state index contributed by atoms with van der Waals surface area (Å²) in [6.45, 7) is 7.59. The second-order valence-corrected chi connectivity index (χ2v) is 5.87. The minimum atomic E-state index is -0.679. The Bertz CT molecular complexity index is 437. The molecule has 1 heterocycles. The first kappa shape index (κ1) is 15.8. The van der Waals surface area contributed by atoms with Crippen LogP contribution in [0.2, 0.25) is 0 Å². The zero-order valence-corrected chi connectivity index (χ0v) is 12.9. The van der Waals surface area contributed by atoms with E-state index in [0.29, 0.717) is 6.42 Å². The van der Waals surface area contributed by atoms with Gasteiger partial charge in [0.1, 0.15) is 0 Å². The molecule has 1 aromatic carbocycles. The molecule has 116 valence electrons. The zero-order valence-electron chi connectivity index (χ0n) is 12.9. The van der Waals surface area contributed by atoms with Gasteiger partial charge in [-0.1, -0.05) is 24.1 Å². The number of carboxylic acid groups (broad SMARTS) is 1. The van der Waals surface area contributed by atoms with Crippen molar-refractivity contribution in [3.63, 3.8) is 0 Å². The molecule has 1 aromatic rings. The average molecular weight is 290 g/mol. The van der Waals surface area contributed by atoms with E-state index in [9.17, 15) is 4.79 Å². The van der Waals surface area contributed by atoms with Crippen LogP contribution in [0.5, 0.6) is 0 Å². The number of piperazine rings is 1. The Morgan fingerprint density at radius 2 is 1.71 bits per heavy atom. The molecule has 1 N–H and O–H groups in total. The molecule has 4 nitrogen and oxygen atoms in total. The summed E-state index contributed by atoms with van der Waals surface area (Å²) in [5.74, 6) is -0.679. The highest BCUT2D eigenvalue weighted by Crippen LogP contribution is 2.17. The maximum Gasteiger partial charge on any atom is 0.303 e. The maximum absolute atomic E-state index is 10.4. The van der Waals surface area contributed by atoms with Crippen molar-refractivity contribution >= 4 is 11.7 Å². The molecule has 0 radical (unpaired) electrons. The van der Waals surface area contributed by atoms with E-state index >= 15 is 0 Å². The van der Waals surface area contributed by atoms with Crippen LogP contribution in [0.15, 0.2) is 24.3 Å². The van der Waals surface area contributed by atoms with Crippen molar-refractivity contribution in [3.05, 3.63) is 29.8 Å². The number of aliphatic carboxylic acids is 1. The Labute approximate surface area is 127 Å². The van der Waals surface area contributed by atoms with Gasteiger partial charge in [0, 0.05) is 38.3 Å². The van der Waals surface area contributed by atoms with E-state index in [-0.39, 0.29) is 0 Å². The Hall–Kier alpha value is -1.55. The zero-order chi connectivity index (χ0) is 15.1. The van der Waals surface area contributed by atoms with Crippen molar-refractivity contribution in [1.82, 2.24) is 4.90 Å². The highest BCUT2D eigenvalue weighted by Gasteiger charge is 2.16. The molecular formula is C17H26N2O2. The number of anilines is 1. The molecular weight excluding hydrogens is 264 g/mol. The molecule has 1 aliphatic rings. The van der Waals surface area contributed by atoms with Crippen LogP contribution in [0, 0.1) is 6.92 Å². The van der Waals surface area contributed by atoms with Crippen molar-refractivity contribution in [2.45, 2.75) is 32.6 Å². The lowest BCUT2D eigenvalue weighted by molar-refractivity contribution is -0.137. The van der Waals surface area contributed by atoms with Crippen LogP contribution in [0.3, 0.4) is 0 Å². The summed E-state index contributed by atoms with van der Waals surface area (Å²) in [6, 6.07) is 8.75. The molecule has 0 spiro atoms.